The Morgan fingerprint density at radius 3 is 2.39 bits per heavy atom. The molecule has 2 rings (SSSR count). The molecule has 11 heteroatoms. The first-order valence-electron chi connectivity index (χ1n) is 9.82. The molecule has 1 heterocycles. The van der Waals surface area contributed by atoms with Crippen LogP contribution in [0.3, 0.4) is 0 Å². The molecule has 0 aromatic carbocycles. The number of nitrogens with one attached hydrogen (secondary N) is 2. The van der Waals surface area contributed by atoms with Crippen LogP contribution in [0, 0.1) is 5.41 Å². The lowest BCUT2D eigenvalue weighted by Gasteiger charge is -2.32. The van der Waals surface area contributed by atoms with Gasteiger partial charge in [0, 0.05) is 45.4 Å². The van der Waals surface area contributed by atoms with Crippen molar-refractivity contribution in [3.63, 3.8) is 0 Å². The fraction of sp³-hybridized carbons (Fsp3) is 0.941. The zero-order valence-electron chi connectivity index (χ0n) is 16.5. The summed E-state index contributed by atoms with van der Waals surface area (Å²) in [6.45, 7) is 6.37. The van der Waals surface area contributed by atoms with Gasteiger partial charge in [0.25, 0.3) is 0 Å². The van der Waals surface area contributed by atoms with Crippen molar-refractivity contribution in [3.05, 3.63) is 0 Å². The topological polar surface area (TPSA) is 83.0 Å². The van der Waals surface area contributed by atoms with Crippen molar-refractivity contribution in [1.82, 2.24) is 14.9 Å². The van der Waals surface area contributed by atoms with Crippen LogP contribution >= 0.6 is 0 Å². The van der Waals surface area contributed by atoms with Crippen molar-refractivity contribution in [2.24, 2.45) is 10.4 Å². The highest BCUT2D eigenvalue weighted by Crippen LogP contribution is 2.49. The molecule has 2 aliphatic rings. The van der Waals surface area contributed by atoms with E-state index in [-0.39, 0.29) is 24.5 Å². The Morgan fingerprint density at radius 2 is 1.89 bits per heavy atom. The monoisotopic (exact) mass is 428 g/mol. The highest BCUT2D eigenvalue weighted by atomic mass is 32.2. The summed E-state index contributed by atoms with van der Waals surface area (Å²) in [5.41, 5.74) is -5.05. The number of nitrogens with zero attached hydrogens (tertiary/aromatic N) is 2. The molecule has 0 amide bonds. The summed E-state index contributed by atoms with van der Waals surface area (Å²) >= 11 is 0. The van der Waals surface area contributed by atoms with Crippen LogP contribution in [0.5, 0.6) is 0 Å². The maximum absolute atomic E-state index is 12.7. The van der Waals surface area contributed by atoms with Crippen LogP contribution in [-0.2, 0) is 14.8 Å². The van der Waals surface area contributed by atoms with Crippen molar-refractivity contribution in [2.75, 3.05) is 39.4 Å². The van der Waals surface area contributed by atoms with Crippen LogP contribution in [0.1, 0.15) is 46.0 Å². The maximum Gasteiger partial charge on any atom is 0.511 e. The molecule has 1 aliphatic carbocycles. The van der Waals surface area contributed by atoms with Gasteiger partial charge < -0.3 is 15.4 Å². The van der Waals surface area contributed by atoms with E-state index >= 15 is 0 Å². The highest BCUT2D eigenvalue weighted by Gasteiger charge is 2.50. The lowest BCUT2D eigenvalue weighted by molar-refractivity contribution is -0.0494. The predicted octanol–water partition coefficient (Wildman–Crippen LogP) is 2.06. The molecule has 2 fully saturated rings. The molecule has 0 radical (unpaired) electrons. The van der Waals surface area contributed by atoms with Crippen LogP contribution in [0.15, 0.2) is 4.99 Å². The van der Waals surface area contributed by atoms with E-state index in [9.17, 15) is 21.6 Å². The minimum absolute atomic E-state index is 0.115. The molecule has 0 atom stereocenters. The van der Waals surface area contributed by atoms with Gasteiger partial charge in [0.2, 0.25) is 0 Å². The number of rotatable bonds is 9. The summed E-state index contributed by atoms with van der Waals surface area (Å²) in [6.07, 6.45) is 3.81. The Labute approximate surface area is 165 Å². The second-order valence-electron chi connectivity index (χ2n) is 7.41. The summed E-state index contributed by atoms with van der Waals surface area (Å²) in [4.78, 5) is 4.65. The molecule has 2 N–H and O–H groups in total. The van der Waals surface area contributed by atoms with Gasteiger partial charge in [-0.2, -0.15) is 17.5 Å². The molecular formula is C17H31F3N4O3S. The first kappa shape index (κ1) is 23.2. The van der Waals surface area contributed by atoms with Crippen LogP contribution in [-0.4, -0.2) is 69.6 Å². The number of sulfonamides is 1. The summed E-state index contributed by atoms with van der Waals surface area (Å²) < 4.78 is 67.0. The lowest BCUT2D eigenvalue weighted by Crippen LogP contribution is -2.51. The number of halogens is 3. The number of hydrogen-bond acceptors (Lipinski definition) is 4. The molecule has 0 bridgehead atoms. The second kappa shape index (κ2) is 9.62. The zero-order chi connectivity index (χ0) is 20.8. The van der Waals surface area contributed by atoms with Crippen molar-refractivity contribution in [1.29, 1.82) is 0 Å². The Balaban J connectivity index is 1.86. The molecule has 1 saturated heterocycles. The summed E-state index contributed by atoms with van der Waals surface area (Å²) in [7, 11) is -5.25. The van der Waals surface area contributed by atoms with Gasteiger partial charge in [-0.05, 0) is 51.4 Å². The first-order chi connectivity index (χ1) is 13.1. The van der Waals surface area contributed by atoms with E-state index in [2.05, 4.69) is 15.6 Å². The van der Waals surface area contributed by atoms with Gasteiger partial charge in [-0.25, -0.2) is 8.42 Å². The van der Waals surface area contributed by atoms with Gasteiger partial charge in [0.05, 0.1) is 0 Å². The van der Waals surface area contributed by atoms with E-state index in [1.54, 1.807) is 0 Å². The van der Waals surface area contributed by atoms with E-state index in [1.165, 1.54) is 0 Å². The zero-order valence-corrected chi connectivity index (χ0v) is 17.3. The van der Waals surface area contributed by atoms with Crippen LogP contribution < -0.4 is 10.6 Å². The van der Waals surface area contributed by atoms with E-state index in [4.69, 9.17) is 4.74 Å². The van der Waals surface area contributed by atoms with Gasteiger partial charge in [0.1, 0.15) is 0 Å². The van der Waals surface area contributed by atoms with Crippen molar-refractivity contribution in [3.8, 4) is 0 Å². The molecule has 1 saturated carbocycles. The third-order valence-corrected chi connectivity index (χ3v) is 6.91. The summed E-state index contributed by atoms with van der Waals surface area (Å²) in [6, 6.07) is -0.115. The Bertz CT molecular complexity index is 628. The minimum Gasteiger partial charge on any atom is -0.382 e. The van der Waals surface area contributed by atoms with Crippen LogP contribution in [0.25, 0.3) is 0 Å². The average Bonchev–Trinajstić information content (AvgIpc) is 3.40. The molecule has 164 valence electrons. The third kappa shape index (κ3) is 6.21. The van der Waals surface area contributed by atoms with Crippen molar-refractivity contribution < 1.29 is 26.3 Å². The number of aliphatic imine (C=N–C) groups is 1. The van der Waals surface area contributed by atoms with E-state index in [0.717, 1.165) is 25.9 Å². The molecule has 0 unspecified atom stereocenters. The number of alkyl halides is 3. The molecule has 0 aromatic heterocycles. The highest BCUT2D eigenvalue weighted by molar-refractivity contribution is 7.90. The van der Waals surface area contributed by atoms with E-state index in [0.29, 0.717) is 42.8 Å². The van der Waals surface area contributed by atoms with Gasteiger partial charge in [0.15, 0.2) is 5.96 Å². The molecule has 0 aromatic rings. The largest absolute Gasteiger partial charge is 0.511 e. The SMILES string of the molecule is CCNC(=NCC1(CCOCC)CC1)NC1CCN(S(=O)(=O)C(F)(F)F)CC1. The fourth-order valence-corrected chi connectivity index (χ4v) is 4.23. The minimum atomic E-state index is -5.25. The third-order valence-electron chi connectivity index (χ3n) is 5.28. The molecular weight excluding hydrogens is 397 g/mol. The van der Waals surface area contributed by atoms with Crippen molar-refractivity contribution >= 4 is 16.0 Å². The van der Waals surface area contributed by atoms with Crippen molar-refractivity contribution in [2.45, 2.75) is 57.5 Å². The molecule has 0 spiro atoms. The number of guanidine groups is 1. The molecule has 1 aliphatic heterocycles. The lowest BCUT2D eigenvalue weighted by atomic mass is 10.0. The second-order valence-corrected chi connectivity index (χ2v) is 9.34. The van der Waals surface area contributed by atoms with Gasteiger partial charge in [-0.15, -0.1) is 0 Å². The number of piperidine rings is 1. The Morgan fingerprint density at radius 1 is 1.25 bits per heavy atom. The predicted molar refractivity (Wildman–Crippen MR) is 101 cm³/mol. The molecule has 28 heavy (non-hydrogen) atoms. The van der Waals surface area contributed by atoms with Crippen LogP contribution in [0.4, 0.5) is 13.2 Å². The average molecular weight is 429 g/mol. The first-order valence-corrected chi connectivity index (χ1v) is 11.3. The normalized spacial score (nSPS) is 21.5. The van der Waals surface area contributed by atoms with Gasteiger partial charge in [-0.3, -0.25) is 4.99 Å². The summed E-state index contributed by atoms with van der Waals surface area (Å²) in [5.74, 6) is 0.627. The van der Waals surface area contributed by atoms with Crippen LogP contribution in [0.2, 0.25) is 0 Å². The molecule has 7 nitrogen and oxygen atoms in total. The van der Waals surface area contributed by atoms with Gasteiger partial charge in [-0.1, -0.05) is 0 Å². The number of hydrogen-bond donors (Lipinski definition) is 2. The quantitative estimate of drug-likeness (QED) is 0.334. The standard InChI is InChI=1S/C17H31F3N4O3S/c1-3-21-15(22-13-16(7-8-16)9-12-27-4-2)23-14-5-10-24(11-6-14)28(25,26)17(18,19)20/h14H,3-13H2,1-2H3,(H2,21,22,23). The Hall–Kier alpha value is -1.07. The Kier molecular flexibility index (Phi) is 7.97. The number of ether oxygens (including phenoxy) is 1. The van der Waals surface area contributed by atoms with Gasteiger partial charge >= 0.3 is 15.5 Å². The van der Waals surface area contributed by atoms with E-state index < -0.39 is 15.5 Å². The van der Waals surface area contributed by atoms with E-state index in [1.807, 2.05) is 13.8 Å². The smallest absolute Gasteiger partial charge is 0.382 e. The summed E-state index contributed by atoms with van der Waals surface area (Å²) in [5, 5.41) is 6.40. The maximum atomic E-state index is 12.7. The fourth-order valence-electron chi connectivity index (χ4n) is 3.24.